The minimum Gasteiger partial charge on any atom is -0.502 e. The van der Waals surface area contributed by atoms with E-state index >= 15 is 0 Å². The van der Waals surface area contributed by atoms with Crippen LogP contribution in [0.5, 0.6) is 5.75 Å². The van der Waals surface area contributed by atoms with Gasteiger partial charge in [-0.1, -0.05) is 0 Å². The normalized spacial score (nSPS) is 21.4. The van der Waals surface area contributed by atoms with Crippen molar-refractivity contribution in [1.82, 2.24) is 4.90 Å². The Balaban J connectivity index is 2.08. The molecule has 1 aliphatic rings. The summed E-state index contributed by atoms with van der Waals surface area (Å²) in [5, 5.41) is 18.2. The molecular weight excluding hydrogens is 210 g/mol. The van der Waals surface area contributed by atoms with Gasteiger partial charge in [-0.3, -0.25) is 9.69 Å². The van der Waals surface area contributed by atoms with Crippen LogP contribution in [0.15, 0.2) is 21.5 Å². The van der Waals surface area contributed by atoms with Gasteiger partial charge in [-0.05, 0) is 19.4 Å². The summed E-state index contributed by atoms with van der Waals surface area (Å²) in [6.07, 6.45) is 3.08. The lowest BCUT2D eigenvalue weighted by Crippen LogP contribution is -2.31. The minimum atomic E-state index is -0.430. The van der Waals surface area contributed by atoms with Crippen LogP contribution in [-0.4, -0.2) is 34.3 Å². The molecule has 0 aliphatic carbocycles. The van der Waals surface area contributed by atoms with Gasteiger partial charge in [-0.15, -0.1) is 0 Å². The summed E-state index contributed by atoms with van der Waals surface area (Å²) in [5.41, 5.74) is -0.430. The zero-order valence-electron chi connectivity index (χ0n) is 8.93. The van der Waals surface area contributed by atoms with E-state index < -0.39 is 5.43 Å². The Labute approximate surface area is 92.9 Å². The zero-order chi connectivity index (χ0) is 11.5. The van der Waals surface area contributed by atoms with Crippen molar-refractivity contribution < 1.29 is 14.6 Å². The molecule has 0 bridgehead atoms. The number of nitrogens with zero attached hydrogens (tertiary/aromatic N) is 1. The maximum absolute atomic E-state index is 11.2. The number of hydrogen-bond donors (Lipinski definition) is 2. The van der Waals surface area contributed by atoms with Crippen LogP contribution in [0.4, 0.5) is 0 Å². The van der Waals surface area contributed by atoms with Crippen molar-refractivity contribution in [2.75, 3.05) is 13.2 Å². The van der Waals surface area contributed by atoms with Gasteiger partial charge in [0, 0.05) is 12.1 Å². The highest BCUT2D eigenvalue weighted by atomic mass is 16.4. The van der Waals surface area contributed by atoms with Gasteiger partial charge in [-0.2, -0.15) is 0 Å². The van der Waals surface area contributed by atoms with E-state index in [1.165, 1.54) is 6.07 Å². The number of likely N-dealkylation sites (tertiary alicyclic amines) is 1. The molecule has 2 N–H and O–H groups in total. The summed E-state index contributed by atoms with van der Waals surface area (Å²) in [5.74, 6) is 0.145. The Morgan fingerprint density at radius 1 is 1.56 bits per heavy atom. The first kappa shape index (κ1) is 11.2. The molecule has 0 spiro atoms. The monoisotopic (exact) mass is 225 g/mol. The molecule has 0 amide bonds. The number of aromatic hydroxyl groups is 1. The molecule has 5 heteroatoms. The Hall–Kier alpha value is -1.33. The van der Waals surface area contributed by atoms with Gasteiger partial charge in [0.25, 0.3) is 0 Å². The van der Waals surface area contributed by atoms with Gasteiger partial charge in [0.15, 0.2) is 5.75 Å². The van der Waals surface area contributed by atoms with Crippen LogP contribution in [0.1, 0.15) is 18.6 Å². The maximum Gasteiger partial charge on any atom is 0.226 e. The first-order chi connectivity index (χ1) is 7.70. The van der Waals surface area contributed by atoms with E-state index in [1.807, 2.05) is 0 Å². The van der Waals surface area contributed by atoms with E-state index in [1.54, 1.807) is 0 Å². The van der Waals surface area contributed by atoms with Gasteiger partial charge >= 0.3 is 0 Å². The van der Waals surface area contributed by atoms with E-state index in [2.05, 4.69) is 4.90 Å². The average molecular weight is 225 g/mol. The lowest BCUT2D eigenvalue weighted by atomic mass is 10.2. The van der Waals surface area contributed by atoms with Crippen LogP contribution in [-0.2, 0) is 6.54 Å². The van der Waals surface area contributed by atoms with Crippen molar-refractivity contribution >= 4 is 0 Å². The van der Waals surface area contributed by atoms with Crippen molar-refractivity contribution in [2.45, 2.75) is 25.4 Å². The smallest absolute Gasteiger partial charge is 0.226 e. The zero-order valence-corrected chi connectivity index (χ0v) is 8.93. The number of aliphatic hydroxyl groups is 1. The van der Waals surface area contributed by atoms with Crippen molar-refractivity contribution in [3.63, 3.8) is 0 Å². The van der Waals surface area contributed by atoms with Gasteiger partial charge in [0.2, 0.25) is 5.43 Å². The summed E-state index contributed by atoms with van der Waals surface area (Å²) in [6.45, 7) is 1.53. The van der Waals surface area contributed by atoms with Crippen LogP contribution in [0.3, 0.4) is 0 Å². The molecule has 5 nitrogen and oxygen atoms in total. The predicted octanol–water partition coefficient (Wildman–Crippen LogP) is 0.302. The van der Waals surface area contributed by atoms with Crippen LogP contribution >= 0.6 is 0 Å². The van der Waals surface area contributed by atoms with Crippen LogP contribution in [0.25, 0.3) is 0 Å². The molecule has 2 rings (SSSR count). The molecule has 0 radical (unpaired) electrons. The van der Waals surface area contributed by atoms with Gasteiger partial charge in [0.1, 0.15) is 12.0 Å². The molecule has 2 heterocycles. The summed E-state index contributed by atoms with van der Waals surface area (Å²) in [4.78, 5) is 13.3. The second kappa shape index (κ2) is 4.67. The van der Waals surface area contributed by atoms with Crippen molar-refractivity contribution in [3.05, 3.63) is 28.3 Å². The van der Waals surface area contributed by atoms with Gasteiger partial charge in [0.05, 0.1) is 13.2 Å². The van der Waals surface area contributed by atoms with Crippen LogP contribution in [0.2, 0.25) is 0 Å². The Bertz CT molecular complexity index is 415. The van der Waals surface area contributed by atoms with E-state index in [4.69, 9.17) is 14.6 Å². The molecule has 1 atom stereocenters. The third kappa shape index (κ3) is 2.25. The maximum atomic E-state index is 11.2. The molecule has 1 saturated heterocycles. The average Bonchev–Trinajstić information content (AvgIpc) is 2.71. The molecule has 0 aromatic carbocycles. The van der Waals surface area contributed by atoms with Crippen LogP contribution in [0, 0.1) is 0 Å². The van der Waals surface area contributed by atoms with E-state index in [-0.39, 0.29) is 18.4 Å². The highest BCUT2D eigenvalue weighted by Crippen LogP contribution is 2.19. The Morgan fingerprint density at radius 3 is 3.06 bits per heavy atom. The van der Waals surface area contributed by atoms with Crippen molar-refractivity contribution in [3.8, 4) is 5.75 Å². The van der Waals surface area contributed by atoms with Crippen molar-refractivity contribution in [2.24, 2.45) is 0 Å². The second-order valence-corrected chi connectivity index (χ2v) is 4.04. The number of aliphatic hydroxyl groups excluding tert-OH is 1. The second-order valence-electron chi connectivity index (χ2n) is 4.04. The predicted molar refractivity (Wildman–Crippen MR) is 57.2 cm³/mol. The summed E-state index contributed by atoms with van der Waals surface area (Å²) in [7, 11) is 0. The fourth-order valence-electron chi connectivity index (χ4n) is 2.04. The minimum absolute atomic E-state index is 0.127. The molecule has 16 heavy (non-hydrogen) atoms. The first-order valence-electron chi connectivity index (χ1n) is 5.36. The van der Waals surface area contributed by atoms with Gasteiger partial charge < -0.3 is 14.6 Å². The van der Waals surface area contributed by atoms with E-state index in [9.17, 15) is 4.79 Å². The van der Waals surface area contributed by atoms with E-state index in [0.717, 1.165) is 25.6 Å². The van der Waals surface area contributed by atoms with Gasteiger partial charge in [-0.25, -0.2) is 0 Å². The highest BCUT2D eigenvalue weighted by molar-refractivity contribution is 5.15. The SMILES string of the molecule is O=c1cc(CN2CCC[C@@H]2CO)occ1O. The summed E-state index contributed by atoms with van der Waals surface area (Å²) in [6, 6.07) is 1.45. The molecule has 88 valence electrons. The summed E-state index contributed by atoms with van der Waals surface area (Å²) >= 11 is 0. The lowest BCUT2D eigenvalue weighted by Gasteiger charge is -2.21. The molecule has 1 aromatic heterocycles. The fourth-order valence-corrected chi connectivity index (χ4v) is 2.04. The van der Waals surface area contributed by atoms with Crippen LogP contribution < -0.4 is 5.43 Å². The van der Waals surface area contributed by atoms with Crippen molar-refractivity contribution in [1.29, 1.82) is 0 Å². The Morgan fingerprint density at radius 2 is 2.38 bits per heavy atom. The third-order valence-corrected chi connectivity index (χ3v) is 2.94. The highest BCUT2D eigenvalue weighted by Gasteiger charge is 2.24. The summed E-state index contributed by atoms with van der Waals surface area (Å²) < 4.78 is 5.12. The molecule has 1 aliphatic heterocycles. The molecule has 0 saturated carbocycles. The number of rotatable bonds is 3. The standard InChI is InChI=1S/C11H15NO4/c13-6-8-2-1-3-12(8)5-9-4-10(14)11(15)7-16-9/h4,7-8,13,15H,1-3,5-6H2/t8-/m1/s1. The fraction of sp³-hybridized carbons (Fsp3) is 0.545. The molecular formula is C11H15NO4. The molecule has 0 unspecified atom stereocenters. The topological polar surface area (TPSA) is 73.9 Å². The molecule has 1 fully saturated rings. The molecule has 1 aromatic rings. The third-order valence-electron chi connectivity index (χ3n) is 2.94. The van der Waals surface area contributed by atoms with E-state index in [0.29, 0.717) is 12.3 Å². The first-order valence-corrected chi connectivity index (χ1v) is 5.36. The Kier molecular flexibility index (Phi) is 3.26. The number of hydrogen-bond acceptors (Lipinski definition) is 5. The largest absolute Gasteiger partial charge is 0.502 e. The lowest BCUT2D eigenvalue weighted by molar-refractivity contribution is 0.145. The quantitative estimate of drug-likeness (QED) is 0.774.